The van der Waals surface area contributed by atoms with Crippen LogP contribution in [0.25, 0.3) is 22.6 Å². The van der Waals surface area contributed by atoms with Crippen LogP contribution in [0.15, 0.2) is 79.1 Å². The monoisotopic (exact) mass is 651 g/mol. The second-order valence-corrected chi connectivity index (χ2v) is 18.5. The van der Waals surface area contributed by atoms with Crippen molar-refractivity contribution >= 4 is 14.0 Å². The molecule has 0 unspecified atom stereocenters. The van der Waals surface area contributed by atoms with Crippen molar-refractivity contribution in [1.82, 2.24) is 14.5 Å². The first-order valence-electron chi connectivity index (χ1n) is 15.6. The SMILES string of the molecule is C[Si](C)(C)CCOCn1cc(C(F)(F)F)nc1-c1ccc(-c2ccc(OC3CCC(C(=O)OCc4ccccc4)CC3)cc2)nc1. The summed E-state index contributed by atoms with van der Waals surface area (Å²) in [6.45, 7) is 7.40. The molecule has 1 fully saturated rings. The third-order valence-corrected chi connectivity index (χ3v) is 9.70. The highest BCUT2D eigenvalue weighted by molar-refractivity contribution is 6.76. The summed E-state index contributed by atoms with van der Waals surface area (Å²) in [4.78, 5) is 20.9. The van der Waals surface area contributed by atoms with Gasteiger partial charge < -0.3 is 18.8 Å². The smallest absolute Gasteiger partial charge is 0.434 e. The number of imidazole rings is 1. The van der Waals surface area contributed by atoms with E-state index in [1.165, 1.54) is 10.8 Å². The molecule has 0 spiro atoms. The number of carbonyl (C=O) groups excluding carboxylic acids is 1. The number of halogens is 3. The topological polar surface area (TPSA) is 75.5 Å². The predicted molar refractivity (Wildman–Crippen MR) is 173 cm³/mol. The van der Waals surface area contributed by atoms with Gasteiger partial charge in [-0.15, -0.1) is 0 Å². The molecule has 7 nitrogen and oxygen atoms in total. The van der Waals surface area contributed by atoms with Crippen molar-refractivity contribution in [3.8, 4) is 28.4 Å². The molecule has 2 aromatic carbocycles. The van der Waals surface area contributed by atoms with E-state index >= 15 is 0 Å². The maximum atomic E-state index is 13.5. The Bertz CT molecular complexity index is 1560. The maximum absolute atomic E-state index is 13.5. The van der Waals surface area contributed by atoms with Crippen molar-refractivity contribution in [2.24, 2.45) is 5.92 Å². The normalized spacial score (nSPS) is 17.1. The second kappa shape index (κ2) is 14.6. The number of esters is 1. The van der Waals surface area contributed by atoms with E-state index in [9.17, 15) is 18.0 Å². The van der Waals surface area contributed by atoms with Crippen molar-refractivity contribution in [1.29, 1.82) is 0 Å². The lowest BCUT2D eigenvalue weighted by atomic mass is 9.87. The van der Waals surface area contributed by atoms with Gasteiger partial charge in [-0.2, -0.15) is 13.2 Å². The van der Waals surface area contributed by atoms with Crippen LogP contribution in [0.3, 0.4) is 0 Å². The molecule has 0 radical (unpaired) electrons. The minimum atomic E-state index is -4.57. The standard InChI is InChI=1S/C35H40F3N3O4Si/c1-46(2,3)20-19-43-24-41-22-32(35(36,37)38)40-33(41)28-13-18-31(39-21-28)26-9-14-29(15-10-26)45-30-16-11-27(12-17-30)34(42)44-23-25-7-5-4-6-8-25/h4-10,13-15,18,21-22,27,30H,11-12,16-17,19-20,23-24H2,1-3H3. The molecule has 0 aliphatic heterocycles. The van der Waals surface area contributed by atoms with E-state index in [1.54, 1.807) is 12.1 Å². The number of carbonyl (C=O) groups is 1. The Labute approximate surface area is 268 Å². The number of ether oxygens (including phenoxy) is 3. The molecule has 1 aliphatic rings. The van der Waals surface area contributed by atoms with Crippen LogP contribution in [0.5, 0.6) is 5.75 Å². The molecule has 1 aliphatic carbocycles. The van der Waals surface area contributed by atoms with E-state index in [2.05, 4.69) is 29.6 Å². The summed E-state index contributed by atoms with van der Waals surface area (Å²) >= 11 is 0. The molecule has 5 rings (SSSR count). The van der Waals surface area contributed by atoms with Crippen LogP contribution in [-0.2, 0) is 33.8 Å². The van der Waals surface area contributed by atoms with Gasteiger partial charge in [0.05, 0.1) is 17.7 Å². The van der Waals surface area contributed by atoms with Gasteiger partial charge in [0.2, 0.25) is 0 Å². The zero-order valence-corrected chi connectivity index (χ0v) is 27.4. The Morgan fingerprint density at radius 1 is 0.935 bits per heavy atom. The van der Waals surface area contributed by atoms with Crippen LogP contribution < -0.4 is 4.74 Å². The number of hydrogen-bond donors (Lipinski definition) is 0. The molecule has 2 heterocycles. The van der Waals surface area contributed by atoms with E-state index in [1.807, 2.05) is 54.6 Å². The maximum Gasteiger partial charge on any atom is 0.434 e. The fourth-order valence-electron chi connectivity index (χ4n) is 5.28. The number of aromatic nitrogens is 3. The minimum absolute atomic E-state index is 0.0197. The lowest BCUT2D eigenvalue weighted by molar-refractivity contribution is -0.151. The van der Waals surface area contributed by atoms with Gasteiger partial charge in [-0.25, -0.2) is 4.98 Å². The Morgan fingerprint density at radius 3 is 2.26 bits per heavy atom. The fraction of sp³-hybridized carbons (Fsp3) is 0.400. The zero-order valence-electron chi connectivity index (χ0n) is 26.4. The number of hydrogen-bond acceptors (Lipinski definition) is 6. The Kier molecular flexibility index (Phi) is 10.6. The first kappa shape index (κ1) is 33.4. The zero-order chi connectivity index (χ0) is 32.7. The van der Waals surface area contributed by atoms with Crippen LogP contribution >= 0.6 is 0 Å². The number of pyridine rings is 1. The summed E-state index contributed by atoms with van der Waals surface area (Å²) in [5.74, 6) is 0.620. The average molecular weight is 652 g/mol. The van der Waals surface area contributed by atoms with Gasteiger partial charge in [-0.3, -0.25) is 9.78 Å². The Hall–Kier alpha value is -3.96. The summed E-state index contributed by atoms with van der Waals surface area (Å²) in [5.41, 5.74) is 1.99. The Balaban J connectivity index is 1.15. The van der Waals surface area contributed by atoms with Gasteiger partial charge in [0, 0.05) is 38.2 Å². The first-order chi connectivity index (χ1) is 21.9. The highest BCUT2D eigenvalue weighted by Gasteiger charge is 2.35. The molecule has 0 amide bonds. The Morgan fingerprint density at radius 2 is 1.63 bits per heavy atom. The molecular weight excluding hydrogens is 611 g/mol. The van der Waals surface area contributed by atoms with Gasteiger partial charge in [-0.1, -0.05) is 50.0 Å². The minimum Gasteiger partial charge on any atom is -0.490 e. The lowest BCUT2D eigenvalue weighted by Gasteiger charge is -2.28. The summed E-state index contributed by atoms with van der Waals surface area (Å²) < 4.78 is 59.3. The highest BCUT2D eigenvalue weighted by atomic mass is 28.3. The molecule has 1 saturated carbocycles. The van der Waals surface area contributed by atoms with E-state index in [0.29, 0.717) is 17.9 Å². The van der Waals surface area contributed by atoms with E-state index < -0.39 is 19.9 Å². The van der Waals surface area contributed by atoms with Crippen molar-refractivity contribution < 1.29 is 32.2 Å². The van der Waals surface area contributed by atoms with E-state index in [0.717, 1.165) is 54.8 Å². The third-order valence-electron chi connectivity index (χ3n) is 8.00. The molecule has 0 atom stereocenters. The number of nitrogens with zero attached hydrogens (tertiary/aromatic N) is 3. The number of alkyl halides is 3. The van der Waals surface area contributed by atoms with Gasteiger partial charge in [0.1, 0.15) is 24.9 Å². The van der Waals surface area contributed by atoms with Crippen LogP contribution in [0.2, 0.25) is 25.7 Å². The van der Waals surface area contributed by atoms with Crippen molar-refractivity contribution in [2.45, 2.75) is 77.0 Å². The molecule has 4 aromatic rings. The molecule has 0 saturated heterocycles. The molecular formula is C35H40F3N3O4Si. The van der Waals surface area contributed by atoms with Crippen LogP contribution in [0, 0.1) is 5.92 Å². The van der Waals surface area contributed by atoms with Gasteiger partial charge >= 0.3 is 12.1 Å². The average Bonchev–Trinajstić information content (AvgIpc) is 3.48. The first-order valence-corrected chi connectivity index (χ1v) is 19.3. The van der Waals surface area contributed by atoms with Crippen molar-refractivity contribution in [3.63, 3.8) is 0 Å². The van der Waals surface area contributed by atoms with Gasteiger partial charge in [-0.05, 0) is 73.7 Å². The largest absolute Gasteiger partial charge is 0.490 e. The van der Waals surface area contributed by atoms with Crippen molar-refractivity contribution in [2.75, 3.05) is 6.61 Å². The van der Waals surface area contributed by atoms with Crippen molar-refractivity contribution in [3.05, 3.63) is 90.4 Å². The van der Waals surface area contributed by atoms with Gasteiger partial charge in [0.25, 0.3) is 0 Å². The summed E-state index contributed by atoms with van der Waals surface area (Å²) in [6, 6.07) is 21.6. The van der Waals surface area contributed by atoms with E-state index in [4.69, 9.17) is 14.2 Å². The summed E-state index contributed by atoms with van der Waals surface area (Å²) in [6.07, 6.45) is 0.954. The van der Waals surface area contributed by atoms with Crippen LogP contribution in [-0.4, -0.2) is 41.3 Å². The number of rotatable bonds is 12. The summed E-state index contributed by atoms with van der Waals surface area (Å²) in [7, 11) is -1.33. The van der Waals surface area contributed by atoms with Crippen LogP contribution in [0.1, 0.15) is 36.9 Å². The molecule has 11 heteroatoms. The molecule has 244 valence electrons. The molecule has 0 bridgehead atoms. The molecule has 46 heavy (non-hydrogen) atoms. The predicted octanol–water partition coefficient (Wildman–Crippen LogP) is 8.62. The molecule has 0 N–H and O–H groups in total. The number of benzene rings is 2. The van der Waals surface area contributed by atoms with E-state index in [-0.39, 0.29) is 37.2 Å². The quantitative estimate of drug-likeness (QED) is 0.0868. The van der Waals surface area contributed by atoms with Crippen LogP contribution in [0.4, 0.5) is 13.2 Å². The molecule has 2 aromatic heterocycles. The fourth-order valence-corrected chi connectivity index (χ4v) is 6.04. The highest BCUT2D eigenvalue weighted by Crippen LogP contribution is 2.33. The third kappa shape index (κ3) is 9.29. The second-order valence-electron chi connectivity index (χ2n) is 12.9. The van der Waals surface area contributed by atoms with Gasteiger partial charge in [0.15, 0.2) is 5.69 Å². The summed E-state index contributed by atoms with van der Waals surface area (Å²) in [5, 5.41) is 0. The lowest BCUT2D eigenvalue weighted by Crippen LogP contribution is -2.29.